The normalized spacial score (nSPS) is 10.5. The number of para-hydroxylation sites is 1. The Balaban J connectivity index is 1.73. The summed E-state index contributed by atoms with van der Waals surface area (Å²) in [4.78, 5) is 17.9. The van der Waals surface area contributed by atoms with Crippen molar-refractivity contribution in [3.8, 4) is 11.6 Å². The van der Waals surface area contributed by atoms with Gasteiger partial charge in [0.05, 0.1) is 18.4 Å². The van der Waals surface area contributed by atoms with Gasteiger partial charge in [0.2, 0.25) is 11.7 Å². The predicted octanol–water partition coefficient (Wildman–Crippen LogP) is 2.64. The molecule has 0 aliphatic rings. The van der Waals surface area contributed by atoms with Crippen LogP contribution in [0.3, 0.4) is 0 Å². The van der Waals surface area contributed by atoms with Crippen molar-refractivity contribution in [2.45, 2.75) is 6.54 Å². The van der Waals surface area contributed by atoms with Crippen LogP contribution in [-0.4, -0.2) is 35.0 Å². The minimum Gasteiger partial charge on any atom is -0.461 e. The molecule has 3 rings (SSSR count). The Hall–Kier alpha value is -3.09. The summed E-state index contributed by atoms with van der Waals surface area (Å²) in [6.45, 7) is 0.311. The van der Waals surface area contributed by atoms with E-state index in [4.69, 9.17) is 8.94 Å². The number of hydrogen-bond acceptors (Lipinski definition) is 6. The number of furan rings is 1. The van der Waals surface area contributed by atoms with E-state index in [-0.39, 0.29) is 5.91 Å². The molecule has 1 amide bonds. The minimum absolute atomic E-state index is 0.0742. The molecule has 2 aromatic heterocycles. The van der Waals surface area contributed by atoms with Crippen molar-refractivity contribution in [2.24, 2.45) is 0 Å². The third kappa shape index (κ3) is 3.23. The number of nitrogens with zero attached hydrogens (tertiary/aromatic N) is 3. The van der Waals surface area contributed by atoms with E-state index in [1.807, 2.05) is 18.2 Å². The monoisotopic (exact) mass is 312 g/mol. The highest BCUT2D eigenvalue weighted by molar-refractivity contribution is 5.99. The molecule has 0 aliphatic heterocycles. The Morgan fingerprint density at radius 1 is 1.22 bits per heavy atom. The molecule has 3 aromatic rings. The van der Waals surface area contributed by atoms with Gasteiger partial charge in [-0.3, -0.25) is 4.79 Å². The molecule has 0 atom stereocenters. The van der Waals surface area contributed by atoms with E-state index in [2.05, 4.69) is 15.5 Å². The summed E-state index contributed by atoms with van der Waals surface area (Å²) in [5.41, 5.74) is 1.30. The lowest BCUT2D eigenvalue weighted by atomic mass is 10.1. The Kier molecular flexibility index (Phi) is 4.09. The first-order valence-corrected chi connectivity index (χ1v) is 7.06. The van der Waals surface area contributed by atoms with E-state index in [9.17, 15) is 4.79 Å². The number of hydrogen-bond donors (Lipinski definition) is 1. The second-order valence-electron chi connectivity index (χ2n) is 5.09. The number of carbonyl (C=O) groups excluding carboxylic acids is 1. The number of nitrogens with one attached hydrogen (secondary N) is 1. The Morgan fingerprint density at radius 3 is 2.78 bits per heavy atom. The van der Waals surface area contributed by atoms with E-state index in [1.165, 1.54) is 4.90 Å². The van der Waals surface area contributed by atoms with Crippen LogP contribution in [0.15, 0.2) is 51.6 Å². The summed E-state index contributed by atoms with van der Waals surface area (Å²) in [6.07, 6.45) is 1.55. The van der Waals surface area contributed by atoms with E-state index in [0.717, 1.165) is 0 Å². The highest BCUT2D eigenvalue weighted by atomic mass is 16.5. The highest BCUT2D eigenvalue weighted by Gasteiger charge is 2.14. The molecule has 0 saturated heterocycles. The van der Waals surface area contributed by atoms with Gasteiger partial charge in [-0.05, 0) is 24.3 Å². The van der Waals surface area contributed by atoms with Crippen molar-refractivity contribution in [1.29, 1.82) is 0 Å². The van der Waals surface area contributed by atoms with Crippen LogP contribution < -0.4 is 5.32 Å². The van der Waals surface area contributed by atoms with Crippen LogP contribution in [0, 0.1) is 0 Å². The Labute approximate surface area is 132 Å². The predicted molar refractivity (Wildman–Crippen MR) is 83.8 cm³/mol. The topological polar surface area (TPSA) is 84.4 Å². The Morgan fingerprint density at radius 2 is 2.04 bits per heavy atom. The first kappa shape index (κ1) is 14.8. The van der Waals surface area contributed by atoms with Crippen molar-refractivity contribution in [1.82, 2.24) is 15.0 Å². The van der Waals surface area contributed by atoms with E-state index < -0.39 is 0 Å². The number of amides is 1. The molecular formula is C16H16N4O3. The average Bonchev–Trinajstić information content (AvgIpc) is 3.23. The van der Waals surface area contributed by atoms with Crippen molar-refractivity contribution in [3.63, 3.8) is 0 Å². The van der Waals surface area contributed by atoms with Crippen LogP contribution in [0.5, 0.6) is 0 Å². The van der Waals surface area contributed by atoms with Crippen LogP contribution >= 0.6 is 0 Å². The highest BCUT2D eigenvalue weighted by Crippen LogP contribution is 2.19. The molecule has 23 heavy (non-hydrogen) atoms. The van der Waals surface area contributed by atoms with Gasteiger partial charge in [0, 0.05) is 19.8 Å². The Bertz CT molecular complexity index is 793. The van der Waals surface area contributed by atoms with Crippen LogP contribution in [0.4, 0.5) is 5.69 Å². The van der Waals surface area contributed by atoms with Gasteiger partial charge in [-0.2, -0.15) is 4.98 Å². The molecule has 0 spiro atoms. The summed E-state index contributed by atoms with van der Waals surface area (Å²) in [5.74, 6) is 1.27. The zero-order valence-electron chi connectivity index (χ0n) is 12.8. The average molecular weight is 312 g/mol. The molecule has 7 nitrogen and oxygen atoms in total. The molecule has 0 fully saturated rings. The molecule has 2 heterocycles. The second-order valence-corrected chi connectivity index (χ2v) is 5.09. The van der Waals surface area contributed by atoms with E-state index in [1.54, 1.807) is 38.6 Å². The molecule has 1 aromatic carbocycles. The molecule has 0 bridgehead atoms. The molecule has 1 N–H and O–H groups in total. The van der Waals surface area contributed by atoms with E-state index in [0.29, 0.717) is 35.3 Å². The SMILES string of the molecule is CN(C)C(=O)c1ccccc1NCc1nc(-c2ccco2)no1. The summed E-state index contributed by atoms with van der Waals surface area (Å²) in [7, 11) is 3.43. The molecule has 0 aliphatic carbocycles. The van der Waals surface area contributed by atoms with Gasteiger partial charge in [-0.15, -0.1) is 0 Å². The fourth-order valence-electron chi connectivity index (χ4n) is 2.07. The fraction of sp³-hybridized carbons (Fsp3) is 0.188. The largest absolute Gasteiger partial charge is 0.461 e. The zero-order valence-corrected chi connectivity index (χ0v) is 12.8. The quantitative estimate of drug-likeness (QED) is 0.779. The number of aromatic nitrogens is 2. The van der Waals surface area contributed by atoms with Gasteiger partial charge in [0.15, 0.2) is 5.76 Å². The second kappa shape index (κ2) is 6.35. The van der Waals surface area contributed by atoms with Crippen molar-refractivity contribution in [3.05, 3.63) is 54.1 Å². The van der Waals surface area contributed by atoms with E-state index >= 15 is 0 Å². The third-order valence-electron chi connectivity index (χ3n) is 3.20. The summed E-state index contributed by atoms with van der Waals surface area (Å²) >= 11 is 0. The number of carbonyl (C=O) groups is 1. The smallest absolute Gasteiger partial charge is 0.255 e. The first-order valence-electron chi connectivity index (χ1n) is 7.06. The maximum Gasteiger partial charge on any atom is 0.255 e. The van der Waals surface area contributed by atoms with Gasteiger partial charge in [0.25, 0.3) is 5.91 Å². The number of rotatable bonds is 5. The van der Waals surface area contributed by atoms with Gasteiger partial charge >= 0.3 is 0 Å². The van der Waals surface area contributed by atoms with Crippen molar-refractivity contribution >= 4 is 11.6 Å². The first-order chi connectivity index (χ1) is 11.1. The van der Waals surface area contributed by atoms with Gasteiger partial charge in [0.1, 0.15) is 0 Å². The third-order valence-corrected chi connectivity index (χ3v) is 3.20. The lowest BCUT2D eigenvalue weighted by molar-refractivity contribution is 0.0828. The number of benzene rings is 1. The molecule has 0 unspecified atom stereocenters. The summed E-state index contributed by atoms with van der Waals surface area (Å²) < 4.78 is 10.4. The summed E-state index contributed by atoms with van der Waals surface area (Å²) in [5, 5.41) is 7.01. The van der Waals surface area contributed by atoms with Crippen LogP contribution in [-0.2, 0) is 6.54 Å². The molecule has 7 heteroatoms. The lowest BCUT2D eigenvalue weighted by Gasteiger charge is -2.14. The zero-order chi connectivity index (χ0) is 16.2. The van der Waals surface area contributed by atoms with Crippen molar-refractivity contribution in [2.75, 3.05) is 19.4 Å². The van der Waals surface area contributed by atoms with Gasteiger partial charge < -0.3 is 19.2 Å². The standard InChI is InChI=1S/C16H16N4O3/c1-20(2)16(21)11-6-3-4-7-12(11)17-10-14-18-15(19-23-14)13-8-5-9-22-13/h3-9,17H,10H2,1-2H3. The minimum atomic E-state index is -0.0742. The lowest BCUT2D eigenvalue weighted by Crippen LogP contribution is -2.22. The maximum atomic E-state index is 12.2. The van der Waals surface area contributed by atoms with Gasteiger partial charge in [-0.1, -0.05) is 17.3 Å². The molecule has 0 saturated carbocycles. The molecular weight excluding hydrogens is 296 g/mol. The van der Waals surface area contributed by atoms with Crippen LogP contribution in [0.2, 0.25) is 0 Å². The van der Waals surface area contributed by atoms with Crippen LogP contribution in [0.1, 0.15) is 16.2 Å². The molecule has 0 radical (unpaired) electrons. The molecule has 118 valence electrons. The number of anilines is 1. The van der Waals surface area contributed by atoms with Crippen molar-refractivity contribution < 1.29 is 13.7 Å². The summed E-state index contributed by atoms with van der Waals surface area (Å²) in [6, 6.07) is 10.8. The van der Waals surface area contributed by atoms with Crippen LogP contribution in [0.25, 0.3) is 11.6 Å². The fourth-order valence-corrected chi connectivity index (χ4v) is 2.07. The maximum absolute atomic E-state index is 12.2. The van der Waals surface area contributed by atoms with Gasteiger partial charge in [-0.25, -0.2) is 0 Å².